The summed E-state index contributed by atoms with van der Waals surface area (Å²) >= 11 is 0. The predicted molar refractivity (Wildman–Crippen MR) is 167 cm³/mol. The Balaban J connectivity index is 1.30. The van der Waals surface area contributed by atoms with Crippen LogP contribution < -0.4 is 20.5 Å². The molecule has 0 aliphatic heterocycles. The summed E-state index contributed by atoms with van der Waals surface area (Å²) in [6.07, 6.45) is 2.38. The van der Waals surface area contributed by atoms with E-state index in [9.17, 15) is 23.1 Å². The van der Waals surface area contributed by atoms with Gasteiger partial charge in [0.05, 0.1) is 12.3 Å². The Morgan fingerprint density at radius 3 is 2.34 bits per heavy atom. The molecule has 2 amide bonds. The van der Waals surface area contributed by atoms with Crippen molar-refractivity contribution in [2.75, 3.05) is 37.9 Å². The van der Waals surface area contributed by atoms with Gasteiger partial charge in [-0.3, -0.25) is 4.79 Å². The Hall–Kier alpha value is -4.13. The molecule has 0 bridgehead atoms. The lowest BCUT2D eigenvalue weighted by molar-refractivity contribution is 0.0676. The second-order valence-corrected chi connectivity index (χ2v) is 12.5. The van der Waals surface area contributed by atoms with Crippen LogP contribution in [0, 0.1) is 0 Å². The maximum atomic E-state index is 13.0. The fraction of sp³-hybridized carbons (Fsp3) is 0.375. The van der Waals surface area contributed by atoms with Crippen molar-refractivity contribution >= 4 is 27.7 Å². The Bertz CT molecular complexity index is 1510. The average molecular weight is 626 g/mol. The summed E-state index contributed by atoms with van der Waals surface area (Å²) in [6, 6.07) is 19.5. The fourth-order valence-corrected chi connectivity index (χ4v) is 6.11. The lowest BCUT2D eigenvalue weighted by atomic mass is 9.89. The van der Waals surface area contributed by atoms with Crippen molar-refractivity contribution in [1.29, 1.82) is 0 Å². The highest BCUT2D eigenvalue weighted by Gasteiger charge is 2.25. The molecule has 11 nitrogen and oxygen atoms in total. The van der Waals surface area contributed by atoms with Crippen LogP contribution in [-0.2, 0) is 14.8 Å². The number of carbonyl (C=O) groups is 2. The lowest BCUT2D eigenvalue weighted by Gasteiger charge is -2.17. The van der Waals surface area contributed by atoms with Gasteiger partial charge in [0.15, 0.2) is 0 Å². The largest absolute Gasteiger partial charge is 0.492 e. The zero-order valence-corrected chi connectivity index (χ0v) is 25.2. The summed E-state index contributed by atoms with van der Waals surface area (Å²) in [5.41, 5.74) is 9.78. The van der Waals surface area contributed by atoms with Crippen LogP contribution in [0.5, 0.6) is 5.75 Å². The second-order valence-electron chi connectivity index (χ2n) is 10.7. The zero-order chi connectivity index (χ0) is 31.5. The van der Waals surface area contributed by atoms with Crippen molar-refractivity contribution in [2.24, 2.45) is 0 Å². The number of nitrogen functional groups attached to an aromatic ring is 1. The van der Waals surface area contributed by atoms with Crippen molar-refractivity contribution in [3.05, 3.63) is 83.4 Å². The molecule has 1 saturated carbocycles. The molecule has 0 saturated heterocycles. The van der Waals surface area contributed by atoms with Crippen LogP contribution in [0.4, 0.5) is 10.5 Å². The fourth-order valence-electron chi connectivity index (χ4n) is 5.11. The van der Waals surface area contributed by atoms with E-state index in [2.05, 4.69) is 10.0 Å². The van der Waals surface area contributed by atoms with Gasteiger partial charge in [0, 0.05) is 17.9 Å². The standard InChI is InChI=1S/C32H39N3O8S/c33-26-11-6-24(7-12-26)30(37)21-43-32(39)34-16-18-42-27-13-8-22(9-14-27)25-10-15-28(29(20-25)23-4-1-2-5-23)31(38)35-44(40,41)19-3-17-36/h6-15,20,23,30,36-37H,1-5,16-19,21,33H2,(H,34,39)(H,35,38)/t30-/m1/s1. The molecule has 1 aliphatic rings. The highest BCUT2D eigenvalue weighted by atomic mass is 32.2. The average Bonchev–Trinajstić information content (AvgIpc) is 3.56. The van der Waals surface area contributed by atoms with Gasteiger partial charge in [-0.05, 0) is 77.8 Å². The molecule has 44 heavy (non-hydrogen) atoms. The molecule has 1 aliphatic carbocycles. The number of hydrogen-bond acceptors (Lipinski definition) is 9. The molecule has 3 aromatic carbocycles. The van der Waals surface area contributed by atoms with Gasteiger partial charge in [-0.15, -0.1) is 0 Å². The third-order valence-electron chi connectivity index (χ3n) is 7.43. The first kappa shape index (κ1) is 32.8. The van der Waals surface area contributed by atoms with Crippen LogP contribution in [0.3, 0.4) is 0 Å². The van der Waals surface area contributed by atoms with Crippen LogP contribution in [0.2, 0.25) is 0 Å². The summed E-state index contributed by atoms with van der Waals surface area (Å²) in [6.45, 7) is -0.0743. The molecule has 0 radical (unpaired) electrons. The van der Waals surface area contributed by atoms with Crippen molar-refractivity contribution < 1.29 is 37.7 Å². The Labute approximate surface area is 257 Å². The van der Waals surface area contributed by atoms with E-state index in [1.165, 1.54) is 0 Å². The molecule has 0 unspecified atom stereocenters. The maximum absolute atomic E-state index is 13.0. The minimum Gasteiger partial charge on any atom is -0.492 e. The third-order valence-corrected chi connectivity index (χ3v) is 8.75. The number of nitrogens with two attached hydrogens (primary N) is 1. The van der Waals surface area contributed by atoms with E-state index in [4.69, 9.17) is 20.3 Å². The molecule has 12 heteroatoms. The number of sulfonamides is 1. The Morgan fingerprint density at radius 1 is 0.977 bits per heavy atom. The van der Waals surface area contributed by atoms with E-state index in [1.807, 2.05) is 18.2 Å². The number of aliphatic hydroxyl groups is 2. The topological polar surface area (TPSA) is 177 Å². The first-order chi connectivity index (χ1) is 21.1. The van der Waals surface area contributed by atoms with E-state index in [0.717, 1.165) is 42.4 Å². The SMILES string of the molecule is Nc1ccc([C@H](O)COC(=O)NCCOc2ccc(-c3ccc(C(=O)NS(=O)(=O)CCCO)c(C4CCCC4)c3)cc2)cc1. The number of hydrogen-bond donors (Lipinski definition) is 5. The minimum atomic E-state index is -3.85. The first-order valence-corrected chi connectivity index (χ1v) is 16.3. The number of carbonyl (C=O) groups excluding carboxylic acids is 2. The van der Waals surface area contributed by atoms with E-state index in [1.54, 1.807) is 48.5 Å². The van der Waals surface area contributed by atoms with Gasteiger partial charge in [-0.2, -0.15) is 0 Å². The molecule has 6 N–H and O–H groups in total. The number of ether oxygens (including phenoxy) is 2. The predicted octanol–water partition coefficient (Wildman–Crippen LogP) is 3.87. The van der Waals surface area contributed by atoms with Crippen LogP contribution >= 0.6 is 0 Å². The van der Waals surface area contributed by atoms with Crippen molar-refractivity contribution in [3.8, 4) is 16.9 Å². The van der Waals surface area contributed by atoms with E-state index in [-0.39, 0.29) is 44.5 Å². The molecule has 3 aromatic rings. The third kappa shape index (κ3) is 9.43. The van der Waals surface area contributed by atoms with Crippen LogP contribution in [0.1, 0.15) is 65.6 Å². The van der Waals surface area contributed by atoms with Gasteiger partial charge in [-0.1, -0.05) is 49.2 Å². The molecule has 1 fully saturated rings. The molecule has 236 valence electrons. The van der Waals surface area contributed by atoms with Gasteiger partial charge in [0.25, 0.3) is 5.91 Å². The number of aliphatic hydroxyl groups excluding tert-OH is 2. The summed E-state index contributed by atoms with van der Waals surface area (Å²) in [5, 5.41) is 21.7. The minimum absolute atomic E-state index is 0.0524. The molecule has 0 spiro atoms. The van der Waals surface area contributed by atoms with Crippen molar-refractivity contribution in [2.45, 2.75) is 44.1 Å². The number of amides is 2. The van der Waals surface area contributed by atoms with Crippen molar-refractivity contribution in [1.82, 2.24) is 10.0 Å². The summed E-state index contributed by atoms with van der Waals surface area (Å²) in [7, 11) is -3.85. The normalized spacial score (nSPS) is 14.1. The summed E-state index contributed by atoms with van der Waals surface area (Å²) < 4.78 is 37.5. The molecule has 0 aromatic heterocycles. The monoisotopic (exact) mass is 625 g/mol. The zero-order valence-electron chi connectivity index (χ0n) is 24.4. The van der Waals surface area contributed by atoms with Crippen LogP contribution in [-0.4, -0.2) is 62.7 Å². The van der Waals surface area contributed by atoms with E-state index < -0.39 is 28.1 Å². The number of anilines is 1. The van der Waals surface area contributed by atoms with Crippen LogP contribution in [0.25, 0.3) is 11.1 Å². The quantitative estimate of drug-likeness (QED) is 0.131. The highest BCUT2D eigenvalue weighted by Crippen LogP contribution is 2.38. The van der Waals surface area contributed by atoms with Gasteiger partial charge >= 0.3 is 6.09 Å². The first-order valence-electron chi connectivity index (χ1n) is 14.6. The van der Waals surface area contributed by atoms with Gasteiger partial charge in [0.2, 0.25) is 10.0 Å². The molecular formula is C32H39N3O8S. The summed E-state index contributed by atoms with van der Waals surface area (Å²) in [5.74, 6) is -0.215. The molecule has 4 rings (SSSR count). The lowest BCUT2D eigenvalue weighted by Crippen LogP contribution is -2.33. The van der Waals surface area contributed by atoms with E-state index >= 15 is 0 Å². The van der Waals surface area contributed by atoms with Gasteiger partial charge < -0.3 is 30.7 Å². The van der Waals surface area contributed by atoms with E-state index in [0.29, 0.717) is 22.6 Å². The molecular weight excluding hydrogens is 586 g/mol. The van der Waals surface area contributed by atoms with Crippen LogP contribution in [0.15, 0.2) is 66.7 Å². The molecule has 0 heterocycles. The highest BCUT2D eigenvalue weighted by molar-refractivity contribution is 7.90. The number of nitrogens with one attached hydrogen (secondary N) is 2. The number of alkyl carbamates (subject to hydrolysis) is 1. The smallest absolute Gasteiger partial charge is 0.407 e. The Morgan fingerprint density at radius 2 is 1.66 bits per heavy atom. The van der Waals surface area contributed by atoms with Crippen molar-refractivity contribution in [3.63, 3.8) is 0 Å². The molecule has 1 atom stereocenters. The Kier molecular flexibility index (Phi) is 11.6. The number of rotatable bonds is 14. The number of benzene rings is 3. The summed E-state index contributed by atoms with van der Waals surface area (Å²) in [4.78, 5) is 24.9. The maximum Gasteiger partial charge on any atom is 0.407 e. The van der Waals surface area contributed by atoms with Gasteiger partial charge in [-0.25, -0.2) is 17.9 Å². The van der Waals surface area contributed by atoms with Gasteiger partial charge in [0.1, 0.15) is 25.1 Å². The second kappa shape index (κ2) is 15.6.